The van der Waals surface area contributed by atoms with E-state index in [-0.39, 0.29) is 25.4 Å². The average Bonchev–Trinajstić information content (AvgIpc) is 2.75. The van der Waals surface area contributed by atoms with Crippen LogP contribution in [0, 0.1) is 17.6 Å². The Balaban J connectivity index is 2.21. The van der Waals surface area contributed by atoms with Gasteiger partial charge in [0.05, 0.1) is 4.90 Å². The van der Waals surface area contributed by atoms with Crippen molar-refractivity contribution in [3.8, 4) is 0 Å². The number of aliphatic carboxylic acids is 1. The number of rotatable bonds is 4. The fourth-order valence-corrected chi connectivity index (χ4v) is 3.83. The summed E-state index contributed by atoms with van der Waals surface area (Å²) in [6.45, 7) is 0.200. The average molecular weight is 305 g/mol. The normalized spacial score (nSPS) is 20.2. The number of halogens is 2. The highest BCUT2D eigenvalue weighted by molar-refractivity contribution is 7.89. The molecule has 0 aliphatic carbocycles. The highest BCUT2D eigenvalue weighted by atomic mass is 32.2. The number of carboxylic acids is 1. The van der Waals surface area contributed by atoms with Crippen molar-refractivity contribution in [1.29, 1.82) is 0 Å². The van der Waals surface area contributed by atoms with E-state index in [9.17, 15) is 22.0 Å². The zero-order chi connectivity index (χ0) is 14.9. The van der Waals surface area contributed by atoms with Gasteiger partial charge in [0.1, 0.15) is 11.6 Å². The molecule has 1 unspecified atom stereocenters. The molecule has 1 aliphatic heterocycles. The molecule has 0 aromatic heterocycles. The van der Waals surface area contributed by atoms with Crippen LogP contribution in [-0.4, -0.2) is 36.9 Å². The van der Waals surface area contributed by atoms with Crippen molar-refractivity contribution in [3.63, 3.8) is 0 Å². The fourth-order valence-electron chi connectivity index (χ4n) is 2.26. The number of sulfonamides is 1. The summed E-state index contributed by atoms with van der Waals surface area (Å²) in [6.07, 6.45) is 0.298. The molecular formula is C12H13F2NO4S. The molecule has 0 radical (unpaired) electrons. The summed E-state index contributed by atoms with van der Waals surface area (Å²) in [5.41, 5.74) is 0. The van der Waals surface area contributed by atoms with Gasteiger partial charge in [-0.1, -0.05) is 0 Å². The van der Waals surface area contributed by atoms with Crippen molar-refractivity contribution in [3.05, 3.63) is 29.8 Å². The number of carboxylic acid groups (broad SMARTS) is 1. The monoisotopic (exact) mass is 305 g/mol. The first-order chi connectivity index (χ1) is 9.29. The summed E-state index contributed by atoms with van der Waals surface area (Å²) >= 11 is 0. The second-order valence-electron chi connectivity index (χ2n) is 4.72. The lowest BCUT2D eigenvalue weighted by Gasteiger charge is -2.16. The minimum absolute atomic E-state index is 0.0484. The molecule has 5 nitrogen and oxygen atoms in total. The Hall–Kier alpha value is -1.54. The molecule has 1 heterocycles. The van der Waals surface area contributed by atoms with Gasteiger partial charge in [0.15, 0.2) is 0 Å². The van der Waals surface area contributed by atoms with E-state index in [0.717, 1.165) is 16.4 Å². The van der Waals surface area contributed by atoms with Gasteiger partial charge in [0.25, 0.3) is 0 Å². The standard InChI is InChI=1S/C12H13F2NO4S/c13-9-4-10(14)6-11(5-9)20(18,19)15-2-1-8(7-15)3-12(16)17/h4-6,8H,1-3,7H2,(H,16,17). The van der Waals surface area contributed by atoms with Gasteiger partial charge in [-0.15, -0.1) is 0 Å². The maximum atomic E-state index is 13.1. The van der Waals surface area contributed by atoms with Crippen LogP contribution in [0.4, 0.5) is 8.78 Å². The van der Waals surface area contributed by atoms with Gasteiger partial charge in [-0.2, -0.15) is 4.31 Å². The molecule has 0 amide bonds. The van der Waals surface area contributed by atoms with Crippen molar-refractivity contribution >= 4 is 16.0 Å². The Morgan fingerprint density at radius 1 is 1.30 bits per heavy atom. The van der Waals surface area contributed by atoms with Crippen molar-refractivity contribution < 1.29 is 27.1 Å². The molecule has 0 spiro atoms. The third-order valence-corrected chi connectivity index (χ3v) is 5.03. The first-order valence-electron chi connectivity index (χ1n) is 5.97. The largest absolute Gasteiger partial charge is 0.481 e. The smallest absolute Gasteiger partial charge is 0.303 e. The van der Waals surface area contributed by atoms with Crippen LogP contribution in [0.3, 0.4) is 0 Å². The highest BCUT2D eigenvalue weighted by Crippen LogP contribution is 2.26. The molecule has 1 aromatic rings. The zero-order valence-corrected chi connectivity index (χ0v) is 11.2. The van der Waals surface area contributed by atoms with E-state index in [4.69, 9.17) is 5.11 Å². The van der Waals surface area contributed by atoms with Crippen LogP contribution < -0.4 is 0 Å². The molecule has 1 N–H and O–H groups in total. The van der Waals surface area contributed by atoms with Crippen molar-refractivity contribution in [2.24, 2.45) is 5.92 Å². The third kappa shape index (κ3) is 3.13. The number of carbonyl (C=O) groups is 1. The predicted octanol–water partition coefficient (Wildman–Crippen LogP) is 1.45. The molecule has 0 saturated carbocycles. The van der Waals surface area contributed by atoms with Crippen molar-refractivity contribution in [2.45, 2.75) is 17.7 Å². The lowest BCUT2D eigenvalue weighted by atomic mass is 10.1. The first kappa shape index (κ1) is 14.9. The molecule has 2 rings (SSSR count). The number of hydrogen-bond acceptors (Lipinski definition) is 3. The quantitative estimate of drug-likeness (QED) is 0.913. The van der Waals surface area contributed by atoms with Gasteiger partial charge in [-0.3, -0.25) is 4.79 Å². The molecule has 8 heteroatoms. The van der Waals surface area contributed by atoms with Crippen LogP contribution in [0.15, 0.2) is 23.1 Å². The van der Waals surface area contributed by atoms with E-state index in [1.54, 1.807) is 0 Å². The summed E-state index contributed by atoms with van der Waals surface area (Å²) in [4.78, 5) is 10.2. The Morgan fingerprint density at radius 3 is 2.45 bits per heavy atom. The second kappa shape index (κ2) is 5.45. The Kier molecular flexibility index (Phi) is 4.05. The van der Waals surface area contributed by atoms with Gasteiger partial charge in [-0.05, 0) is 24.5 Å². The summed E-state index contributed by atoms with van der Waals surface area (Å²) in [5.74, 6) is -3.21. The van der Waals surface area contributed by atoms with E-state index < -0.39 is 32.5 Å². The Bertz CT molecular complexity index is 612. The number of benzene rings is 1. The lowest BCUT2D eigenvalue weighted by molar-refractivity contribution is -0.137. The summed E-state index contributed by atoms with van der Waals surface area (Å²) in [6, 6.07) is 2.10. The van der Waals surface area contributed by atoms with Crippen LogP contribution in [0.1, 0.15) is 12.8 Å². The van der Waals surface area contributed by atoms with Gasteiger partial charge in [0, 0.05) is 25.6 Å². The van der Waals surface area contributed by atoms with E-state index >= 15 is 0 Å². The fraction of sp³-hybridized carbons (Fsp3) is 0.417. The van der Waals surface area contributed by atoms with Gasteiger partial charge < -0.3 is 5.11 Å². The molecule has 1 aromatic carbocycles. The van der Waals surface area contributed by atoms with Gasteiger partial charge in [-0.25, -0.2) is 17.2 Å². The Labute approximate surface area is 114 Å². The molecule has 1 saturated heterocycles. The summed E-state index contributed by atoms with van der Waals surface area (Å²) in [7, 11) is -3.99. The molecule has 1 aliphatic rings. The molecule has 110 valence electrons. The van der Waals surface area contributed by atoms with Gasteiger partial charge >= 0.3 is 5.97 Å². The maximum Gasteiger partial charge on any atom is 0.303 e. The molecular weight excluding hydrogens is 292 g/mol. The molecule has 1 atom stereocenters. The van der Waals surface area contributed by atoms with Crippen LogP contribution in [0.25, 0.3) is 0 Å². The van der Waals surface area contributed by atoms with Crippen molar-refractivity contribution in [1.82, 2.24) is 4.31 Å². The van der Waals surface area contributed by atoms with Crippen molar-refractivity contribution in [2.75, 3.05) is 13.1 Å². The van der Waals surface area contributed by atoms with E-state index in [0.29, 0.717) is 12.5 Å². The van der Waals surface area contributed by atoms with Crippen LogP contribution in [-0.2, 0) is 14.8 Å². The summed E-state index contributed by atoms with van der Waals surface area (Å²) in [5, 5.41) is 8.69. The first-order valence-corrected chi connectivity index (χ1v) is 7.41. The SMILES string of the molecule is O=C(O)CC1CCN(S(=O)(=O)c2cc(F)cc(F)c2)C1. The van der Waals surface area contributed by atoms with Crippen LogP contribution in [0.5, 0.6) is 0 Å². The zero-order valence-electron chi connectivity index (χ0n) is 10.4. The second-order valence-corrected chi connectivity index (χ2v) is 6.66. The van der Waals surface area contributed by atoms with E-state index in [2.05, 4.69) is 0 Å². The van der Waals surface area contributed by atoms with E-state index in [1.807, 2.05) is 0 Å². The molecule has 1 fully saturated rings. The number of hydrogen-bond donors (Lipinski definition) is 1. The number of nitrogens with zero attached hydrogens (tertiary/aromatic N) is 1. The third-order valence-electron chi connectivity index (χ3n) is 3.19. The minimum Gasteiger partial charge on any atom is -0.481 e. The minimum atomic E-state index is -3.99. The van der Waals surface area contributed by atoms with Crippen LogP contribution in [0.2, 0.25) is 0 Å². The lowest BCUT2D eigenvalue weighted by Crippen LogP contribution is -2.29. The topological polar surface area (TPSA) is 74.7 Å². The highest BCUT2D eigenvalue weighted by Gasteiger charge is 2.33. The van der Waals surface area contributed by atoms with Gasteiger partial charge in [0.2, 0.25) is 10.0 Å². The molecule has 20 heavy (non-hydrogen) atoms. The van der Waals surface area contributed by atoms with E-state index in [1.165, 1.54) is 0 Å². The molecule has 0 bridgehead atoms. The maximum absolute atomic E-state index is 13.1. The Morgan fingerprint density at radius 2 is 1.90 bits per heavy atom. The van der Waals surface area contributed by atoms with Crippen LogP contribution >= 0.6 is 0 Å². The predicted molar refractivity (Wildman–Crippen MR) is 65.5 cm³/mol. The summed E-state index contributed by atoms with van der Waals surface area (Å²) < 4.78 is 51.7.